The molecule has 0 bridgehead atoms. The van der Waals surface area contributed by atoms with Crippen molar-refractivity contribution in [2.75, 3.05) is 0 Å². The summed E-state index contributed by atoms with van der Waals surface area (Å²) >= 11 is 1.32. The zero-order valence-electron chi connectivity index (χ0n) is 7.90. The maximum absolute atomic E-state index is 10.6. The Labute approximate surface area is 86.8 Å². The van der Waals surface area contributed by atoms with Gasteiger partial charge in [0.1, 0.15) is 4.88 Å². The van der Waals surface area contributed by atoms with E-state index < -0.39 is 5.97 Å². The van der Waals surface area contributed by atoms with Crippen LogP contribution in [0.5, 0.6) is 0 Å². The third-order valence-electron chi connectivity index (χ3n) is 2.70. The van der Waals surface area contributed by atoms with Crippen molar-refractivity contribution in [3.05, 3.63) is 16.1 Å². The van der Waals surface area contributed by atoms with Gasteiger partial charge in [-0.1, -0.05) is 25.7 Å². The van der Waals surface area contributed by atoms with Crippen LogP contribution in [0.4, 0.5) is 0 Å². The van der Waals surface area contributed by atoms with E-state index in [2.05, 4.69) is 4.98 Å². The predicted octanol–water partition coefficient (Wildman–Crippen LogP) is 2.57. The molecule has 0 aliphatic heterocycles. The summed E-state index contributed by atoms with van der Waals surface area (Å²) < 4.78 is 0. The Morgan fingerprint density at radius 2 is 2.29 bits per heavy atom. The molecule has 3 nitrogen and oxygen atoms in total. The molecule has 1 fully saturated rings. The highest BCUT2D eigenvalue weighted by molar-refractivity contribution is 7.13. The molecular formula is C10H13NO2S. The van der Waals surface area contributed by atoms with Crippen molar-refractivity contribution < 1.29 is 9.90 Å². The van der Waals surface area contributed by atoms with Crippen LogP contribution in [0, 0.1) is 5.92 Å². The molecule has 2 rings (SSSR count). The highest BCUT2D eigenvalue weighted by Gasteiger charge is 2.17. The van der Waals surface area contributed by atoms with Gasteiger partial charge in [0.25, 0.3) is 0 Å². The van der Waals surface area contributed by atoms with Crippen LogP contribution in [-0.2, 0) is 6.42 Å². The number of aromatic nitrogens is 1. The molecule has 0 amide bonds. The normalized spacial score (nSPS) is 17.4. The Morgan fingerprint density at radius 1 is 1.57 bits per heavy atom. The van der Waals surface area contributed by atoms with E-state index in [1.807, 2.05) is 0 Å². The van der Waals surface area contributed by atoms with Gasteiger partial charge in [0.2, 0.25) is 0 Å². The first-order chi connectivity index (χ1) is 6.75. The zero-order valence-corrected chi connectivity index (χ0v) is 8.72. The molecule has 1 aromatic rings. The minimum atomic E-state index is -0.861. The molecule has 1 N–H and O–H groups in total. The van der Waals surface area contributed by atoms with Gasteiger partial charge in [0.05, 0.1) is 11.2 Å². The number of rotatable bonds is 3. The molecule has 0 saturated heterocycles. The van der Waals surface area contributed by atoms with Crippen molar-refractivity contribution in [1.29, 1.82) is 0 Å². The highest BCUT2D eigenvalue weighted by Crippen LogP contribution is 2.29. The Kier molecular flexibility index (Phi) is 2.82. The number of carboxylic acids is 1. The van der Waals surface area contributed by atoms with E-state index in [-0.39, 0.29) is 0 Å². The summed E-state index contributed by atoms with van der Waals surface area (Å²) in [4.78, 5) is 15.1. The lowest BCUT2D eigenvalue weighted by Gasteiger charge is -2.04. The summed E-state index contributed by atoms with van der Waals surface area (Å²) in [5.41, 5.74) is 0. The molecule has 76 valence electrons. The van der Waals surface area contributed by atoms with Crippen molar-refractivity contribution in [1.82, 2.24) is 4.98 Å². The smallest absolute Gasteiger partial charge is 0.347 e. The average Bonchev–Trinajstić information content (AvgIpc) is 2.75. The van der Waals surface area contributed by atoms with Gasteiger partial charge in [0.15, 0.2) is 0 Å². The number of aromatic carboxylic acids is 1. The maximum atomic E-state index is 10.6. The molecule has 4 heteroatoms. The molecule has 0 spiro atoms. The van der Waals surface area contributed by atoms with Crippen LogP contribution < -0.4 is 0 Å². The van der Waals surface area contributed by atoms with Crippen molar-refractivity contribution >= 4 is 17.3 Å². The Balaban J connectivity index is 1.98. The molecule has 0 unspecified atom stereocenters. The number of nitrogens with zero attached hydrogens (tertiary/aromatic N) is 1. The topological polar surface area (TPSA) is 50.2 Å². The Bertz CT molecular complexity index is 329. The molecule has 0 aromatic carbocycles. The predicted molar refractivity (Wildman–Crippen MR) is 54.7 cm³/mol. The summed E-state index contributed by atoms with van der Waals surface area (Å²) in [6, 6.07) is 0. The highest BCUT2D eigenvalue weighted by atomic mass is 32.1. The molecule has 1 saturated carbocycles. The Morgan fingerprint density at radius 3 is 2.86 bits per heavy atom. The van der Waals surface area contributed by atoms with Crippen LogP contribution in [0.1, 0.15) is 40.4 Å². The van der Waals surface area contributed by atoms with Gasteiger partial charge in [-0.2, -0.15) is 0 Å². The zero-order chi connectivity index (χ0) is 9.97. The SMILES string of the molecule is O=C(O)c1cnc(CC2CCCC2)s1. The van der Waals surface area contributed by atoms with E-state index in [0.29, 0.717) is 4.88 Å². The van der Waals surface area contributed by atoms with Gasteiger partial charge in [-0.3, -0.25) is 0 Å². The van der Waals surface area contributed by atoms with Crippen molar-refractivity contribution in [2.45, 2.75) is 32.1 Å². The monoisotopic (exact) mass is 211 g/mol. The number of hydrogen-bond acceptors (Lipinski definition) is 3. The van der Waals surface area contributed by atoms with E-state index in [4.69, 9.17) is 5.11 Å². The molecule has 1 aromatic heterocycles. The fourth-order valence-corrected chi connectivity index (χ4v) is 2.84. The maximum Gasteiger partial charge on any atom is 0.347 e. The van der Waals surface area contributed by atoms with Gasteiger partial charge in [0, 0.05) is 6.42 Å². The van der Waals surface area contributed by atoms with E-state index in [1.165, 1.54) is 43.2 Å². The largest absolute Gasteiger partial charge is 0.477 e. The molecule has 1 aliphatic rings. The number of carboxylic acid groups (broad SMARTS) is 1. The fraction of sp³-hybridized carbons (Fsp3) is 0.600. The first-order valence-corrected chi connectivity index (χ1v) is 5.75. The first kappa shape index (κ1) is 9.65. The number of carbonyl (C=O) groups is 1. The number of hydrogen-bond donors (Lipinski definition) is 1. The lowest BCUT2D eigenvalue weighted by atomic mass is 10.1. The van der Waals surface area contributed by atoms with Gasteiger partial charge < -0.3 is 5.11 Å². The third-order valence-corrected chi connectivity index (χ3v) is 3.71. The molecule has 14 heavy (non-hydrogen) atoms. The second-order valence-electron chi connectivity index (χ2n) is 3.78. The summed E-state index contributed by atoms with van der Waals surface area (Å²) in [6.07, 6.45) is 7.64. The lowest BCUT2D eigenvalue weighted by molar-refractivity contribution is 0.0702. The van der Waals surface area contributed by atoms with Crippen molar-refractivity contribution in [3.8, 4) is 0 Å². The fourth-order valence-electron chi connectivity index (χ4n) is 1.96. The second-order valence-corrected chi connectivity index (χ2v) is 4.89. The van der Waals surface area contributed by atoms with Gasteiger partial charge in [-0.15, -0.1) is 11.3 Å². The van der Waals surface area contributed by atoms with Gasteiger partial charge in [-0.05, 0) is 5.92 Å². The van der Waals surface area contributed by atoms with Gasteiger partial charge in [-0.25, -0.2) is 9.78 Å². The van der Waals surface area contributed by atoms with E-state index >= 15 is 0 Å². The molecule has 1 heterocycles. The number of thiazole rings is 1. The van der Waals surface area contributed by atoms with Gasteiger partial charge >= 0.3 is 5.97 Å². The summed E-state index contributed by atoms with van der Waals surface area (Å²) in [5, 5.41) is 9.71. The molecular weight excluding hydrogens is 198 g/mol. The third kappa shape index (κ3) is 2.12. The minimum Gasteiger partial charge on any atom is -0.477 e. The van der Waals surface area contributed by atoms with Crippen LogP contribution in [-0.4, -0.2) is 16.1 Å². The van der Waals surface area contributed by atoms with Crippen LogP contribution in [0.2, 0.25) is 0 Å². The second kappa shape index (κ2) is 4.09. The van der Waals surface area contributed by atoms with Crippen LogP contribution in [0.3, 0.4) is 0 Å². The van der Waals surface area contributed by atoms with Crippen LogP contribution >= 0.6 is 11.3 Å². The lowest BCUT2D eigenvalue weighted by Crippen LogP contribution is -1.97. The van der Waals surface area contributed by atoms with Crippen molar-refractivity contribution in [2.24, 2.45) is 5.92 Å². The van der Waals surface area contributed by atoms with E-state index in [0.717, 1.165) is 17.3 Å². The molecule has 0 radical (unpaired) electrons. The molecule has 0 atom stereocenters. The van der Waals surface area contributed by atoms with E-state index in [1.54, 1.807) is 0 Å². The van der Waals surface area contributed by atoms with Crippen LogP contribution in [0.25, 0.3) is 0 Å². The van der Waals surface area contributed by atoms with Crippen molar-refractivity contribution in [3.63, 3.8) is 0 Å². The quantitative estimate of drug-likeness (QED) is 0.836. The summed E-state index contributed by atoms with van der Waals surface area (Å²) in [5.74, 6) is -0.122. The average molecular weight is 211 g/mol. The summed E-state index contributed by atoms with van der Waals surface area (Å²) in [7, 11) is 0. The minimum absolute atomic E-state index is 0.359. The standard InChI is InChI=1S/C10H13NO2S/c12-10(13)8-6-11-9(14-8)5-7-3-1-2-4-7/h6-7H,1-5H2,(H,12,13). The first-order valence-electron chi connectivity index (χ1n) is 4.93. The summed E-state index contributed by atoms with van der Waals surface area (Å²) in [6.45, 7) is 0. The van der Waals surface area contributed by atoms with Crippen LogP contribution in [0.15, 0.2) is 6.20 Å². The van der Waals surface area contributed by atoms with E-state index in [9.17, 15) is 4.79 Å². The molecule has 1 aliphatic carbocycles. The Hall–Kier alpha value is -0.900.